The average molecular weight is 267 g/mol. The molecule has 0 aromatic heterocycles. The summed E-state index contributed by atoms with van der Waals surface area (Å²) in [6, 6.07) is 19.7. The Morgan fingerprint density at radius 3 is 1.90 bits per heavy atom. The standard InChI is InChI=1S/C19H25N/c1-19(2,3)17-11-9-16(10-12-17)18(13-14-20)15-7-5-4-6-8-15/h4-12,18H,13-14,20H2,1-3H3. The van der Waals surface area contributed by atoms with Gasteiger partial charge in [0.05, 0.1) is 0 Å². The molecule has 1 unspecified atom stereocenters. The van der Waals surface area contributed by atoms with Gasteiger partial charge in [0, 0.05) is 5.92 Å². The maximum absolute atomic E-state index is 5.80. The van der Waals surface area contributed by atoms with E-state index in [1.165, 1.54) is 16.7 Å². The highest BCUT2D eigenvalue weighted by atomic mass is 14.5. The number of hydrogen-bond acceptors (Lipinski definition) is 1. The lowest BCUT2D eigenvalue weighted by molar-refractivity contribution is 0.589. The molecule has 0 aliphatic rings. The van der Waals surface area contributed by atoms with Gasteiger partial charge in [0.15, 0.2) is 0 Å². The quantitative estimate of drug-likeness (QED) is 0.869. The fourth-order valence-corrected chi connectivity index (χ4v) is 2.59. The fraction of sp³-hybridized carbons (Fsp3) is 0.368. The minimum Gasteiger partial charge on any atom is -0.330 e. The molecule has 2 aromatic carbocycles. The van der Waals surface area contributed by atoms with Crippen LogP contribution in [0.1, 0.15) is 49.8 Å². The monoisotopic (exact) mass is 267 g/mol. The van der Waals surface area contributed by atoms with Crippen molar-refractivity contribution in [1.82, 2.24) is 0 Å². The molecular formula is C19H25N. The van der Waals surface area contributed by atoms with Crippen molar-refractivity contribution >= 4 is 0 Å². The summed E-state index contributed by atoms with van der Waals surface area (Å²) in [6.45, 7) is 7.45. The second kappa shape index (κ2) is 6.23. The molecule has 2 N–H and O–H groups in total. The number of nitrogens with two attached hydrogens (primary N) is 1. The fourth-order valence-electron chi connectivity index (χ4n) is 2.59. The second-order valence-corrected chi connectivity index (χ2v) is 6.41. The molecule has 20 heavy (non-hydrogen) atoms. The zero-order valence-corrected chi connectivity index (χ0v) is 12.8. The molecule has 106 valence electrons. The first kappa shape index (κ1) is 14.8. The van der Waals surface area contributed by atoms with Crippen LogP contribution in [-0.4, -0.2) is 6.54 Å². The van der Waals surface area contributed by atoms with Crippen molar-refractivity contribution in [3.63, 3.8) is 0 Å². The van der Waals surface area contributed by atoms with Crippen LogP contribution in [0.25, 0.3) is 0 Å². The van der Waals surface area contributed by atoms with Crippen LogP contribution in [0, 0.1) is 0 Å². The van der Waals surface area contributed by atoms with Crippen molar-refractivity contribution < 1.29 is 0 Å². The lowest BCUT2D eigenvalue weighted by atomic mass is 9.83. The summed E-state index contributed by atoms with van der Waals surface area (Å²) in [6.07, 6.45) is 0.985. The first-order valence-electron chi connectivity index (χ1n) is 7.38. The van der Waals surface area contributed by atoms with Gasteiger partial charge in [0.25, 0.3) is 0 Å². The Bertz CT molecular complexity index is 520. The maximum Gasteiger partial charge on any atom is 0.0101 e. The molecule has 0 spiro atoms. The van der Waals surface area contributed by atoms with Gasteiger partial charge in [-0.15, -0.1) is 0 Å². The molecule has 1 heteroatoms. The van der Waals surface area contributed by atoms with Gasteiger partial charge < -0.3 is 5.73 Å². The lowest BCUT2D eigenvalue weighted by Gasteiger charge is -2.22. The third kappa shape index (κ3) is 3.49. The number of rotatable bonds is 4. The van der Waals surface area contributed by atoms with E-state index in [9.17, 15) is 0 Å². The first-order valence-corrected chi connectivity index (χ1v) is 7.38. The summed E-state index contributed by atoms with van der Waals surface area (Å²) in [5.41, 5.74) is 10.1. The third-order valence-electron chi connectivity index (χ3n) is 3.84. The molecule has 0 aliphatic carbocycles. The van der Waals surface area contributed by atoms with Gasteiger partial charge in [0.2, 0.25) is 0 Å². The SMILES string of the molecule is CC(C)(C)c1ccc(C(CCN)c2ccccc2)cc1. The van der Waals surface area contributed by atoms with E-state index in [4.69, 9.17) is 5.73 Å². The molecule has 1 atom stereocenters. The van der Waals surface area contributed by atoms with Crippen LogP contribution in [-0.2, 0) is 5.41 Å². The van der Waals surface area contributed by atoms with Crippen LogP contribution >= 0.6 is 0 Å². The molecule has 0 radical (unpaired) electrons. The summed E-state index contributed by atoms with van der Waals surface area (Å²) in [7, 11) is 0. The van der Waals surface area contributed by atoms with Crippen LogP contribution < -0.4 is 5.73 Å². The topological polar surface area (TPSA) is 26.0 Å². The molecule has 0 fully saturated rings. The van der Waals surface area contributed by atoms with E-state index in [2.05, 4.69) is 75.4 Å². The highest BCUT2D eigenvalue weighted by Crippen LogP contribution is 2.30. The van der Waals surface area contributed by atoms with Gasteiger partial charge in [-0.05, 0) is 35.1 Å². The Labute approximate surface area is 122 Å². The van der Waals surface area contributed by atoms with Gasteiger partial charge in [-0.2, -0.15) is 0 Å². The second-order valence-electron chi connectivity index (χ2n) is 6.41. The Morgan fingerprint density at radius 2 is 1.40 bits per heavy atom. The zero-order chi connectivity index (χ0) is 14.6. The van der Waals surface area contributed by atoms with Gasteiger partial charge in [0.1, 0.15) is 0 Å². The normalized spacial score (nSPS) is 13.2. The van der Waals surface area contributed by atoms with Crippen LogP contribution in [0.4, 0.5) is 0 Å². The van der Waals surface area contributed by atoms with Crippen molar-refractivity contribution in [3.8, 4) is 0 Å². The molecule has 1 nitrogen and oxygen atoms in total. The van der Waals surface area contributed by atoms with Crippen LogP contribution in [0.3, 0.4) is 0 Å². The molecule has 0 bridgehead atoms. The summed E-state index contributed by atoms with van der Waals surface area (Å²) < 4.78 is 0. The predicted octanol–water partition coefficient (Wildman–Crippen LogP) is 4.46. The van der Waals surface area contributed by atoms with Crippen LogP contribution in [0.5, 0.6) is 0 Å². The van der Waals surface area contributed by atoms with Gasteiger partial charge in [-0.3, -0.25) is 0 Å². The van der Waals surface area contributed by atoms with Crippen molar-refractivity contribution in [2.24, 2.45) is 5.73 Å². The largest absolute Gasteiger partial charge is 0.330 e. The Kier molecular flexibility index (Phi) is 4.61. The minimum absolute atomic E-state index is 0.203. The molecule has 0 saturated carbocycles. The summed E-state index contributed by atoms with van der Waals surface area (Å²) in [5, 5.41) is 0. The van der Waals surface area contributed by atoms with Crippen molar-refractivity contribution in [3.05, 3.63) is 71.3 Å². The Morgan fingerprint density at radius 1 is 0.850 bits per heavy atom. The highest BCUT2D eigenvalue weighted by Gasteiger charge is 2.16. The Hall–Kier alpha value is -1.60. The van der Waals surface area contributed by atoms with Crippen LogP contribution in [0.2, 0.25) is 0 Å². The number of benzene rings is 2. The smallest absolute Gasteiger partial charge is 0.0101 e. The zero-order valence-electron chi connectivity index (χ0n) is 12.8. The molecule has 0 heterocycles. The van der Waals surface area contributed by atoms with E-state index in [1.54, 1.807) is 0 Å². The van der Waals surface area contributed by atoms with E-state index in [0.717, 1.165) is 6.42 Å². The average Bonchev–Trinajstić information content (AvgIpc) is 2.45. The molecule has 2 rings (SSSR count). The molecule has 0 saturated heterocycles. The Balaban J connectivity index is 2.31. The van der Waals surface area contributed by atoms with E-state index >= 15 is 0 Å². The van der Waals surface area contributed by atoms with Gasteiger partial charge >= 0.3 is 0 Å². The van der Waals surface area contributed by atoms with E-state index in [1.807, 2.05) is 0 Å². The highest BCUT2D eigenvalue weighted by molar-refractivity contribution is 5.35. The van der Waals surface area contributed by atoms with E-state index in [-0.39, 0.29) is 5.41 Å². The van der Waals surface area contributed by atoms with Crippen molar-refractivity contribution in [1.29, 1.82) is 0 Å². The minimum atomic E-state index is 0.203. The van der Waals surface area contributed by atoms with E-state index < -0.39 is 0 Å². The summed E-state index contributed by atoms with van der Waals surface area (Å²) in [5.74, 6) is 0.398. The van der Waals surface area contributed by atoms with Crippen molar-refractivity contribution in [2.45, 2.75) is 38.5 Å². The van der Waals surface area contributed by atoms with Crippen molar-refractivity contribution in [2.75, 3.05) is 6.54 Å². The third-order valence-corrected chi connectivity index (χ3v) is 3.84. The summed E-state index contributed by atoms with van der Waals surface area (Å²) in [4.78, 5) is 0. The molecule has 0 aliphatic heterocycles. The van der Waals surface area contributed by atoms with Gasteiger partial charge in [-0.25, -0.2) is 0 Å². The maximum atomic E-state index is 5.80. The molecule has 2 aromatic rings. The summed E-state index contributed by atoms with van der Waals surface area (Å²) >= 11 is 0. The van der Waals surface area contributed by atoms with Crippen LogP contribution in [0.15, 0.2) is 54.6 Å². The predicted molar refractivity (Wildman–Crippen MR) is 87.1 cm³/mol. The van der Waals surface area contributed by atoms with E-state index in [0.29, 0.717) is 12.5 Å². The molecule has 0 amide bonds. The lowest BCUT2D eigenvalue weighted by Crippen LogP contribution is -2.12. The first-order chi connectivity index (χ1) is 9.52. The van der Waals surface area contributed by atoms with Gasteiger partial charge in [-0.1, -0.05) is 75.4 Å². The number of hydrogen-bond donors (Lipinski definition) is 1. The molecular weight excluding hydrogens is 242 g/mol.